The minimum absolute atomic E-state index is 0.00934. The van der Waals surface area contributed by atoms with E-state index in [1.165, 1.54) is 0 Å². The number of morpholine rings is 1. The number of nitrogens with two attached hydrogens (primary N) is 1. The van der Waals surface area contributed by atoms with Crippen molar-refractivity contribution in [1.82, 2.24) is 10.2 Å². The summed E-state index contributed by atoms with van der Waals surface area (Å²) >= 11 is 0. The Morgan fingerprint density at radius 3 is 2.50 bits per heavy atom. The van der Waals surface area contributed by atoms with E-state index in [4.69, 9.17) is 10.5 Å². The number of rotatable bonds is 4. The fourth-order valence-electron chi connectivity index (χ4n) is 2.54. The molecule has 18 heavy (non-hydrogen) atoms. The molecule has 0 aromatic rings. The maximum absolute atomic E-state index is 12.0. The van der Waals surface area contributed by atoms with Crippen molar-refractivity contribution in [2.75, 3.05) is 32.8 Å². The molecule has 1 saturated heterocycles. The number of amides is 1. The highest BCUT2D eigenvalue weighted by atomic mass is 16.5. The van der Waals surface area contributed by atoms with Crippen LogP contribution in [-0.4, -0.2) is 54.7 Å². The third-order valence-corrected chi connectivity index (χ3v) is 4.25. The topological polar surface area (TPSA) is 67.6 Å². The van der Waals surface area contributed by atoms with Crippen molar-refractivity contribution in [2.45, 2.75) is 44.2 Å². The first-order chi connectivity index (χ1) is 8.44. The molecule has 5 nitrogen and oxygen atoms in total. The second-order valence-corrected chi connectivity index (χ2v) is 6.10. The molecule has 3 N–H and O–H groups in total. The molecule has 1 heterocycles. The first-order valence-corrected chi connectivity index (χ1v) is 6.84. The summed E-state index contributed by atoms with van der Waals surface area (Å²) in [7, 11) is 0. The highest BCUT2D eigenvalue weighted by molar-refractivity contribution is 5.87. The summed E-state index contributed by atoms with van der Waals surface area (Å²) in [6.45, 7) is 8.36. The number of hydrogen-bond donors (Lipinski definition) is 2. The molecule has 0 aromatic heterocycles. The smallest absolute Gasteiger partial charge is 0.240 e. The lowest BCUT2D eigenvalue weighted by molar-refractivity contribution is -0.130. The number of hydrogen-bond acceptors (Lipinski definition) is 4. The van der Waals surface area contributed by atoms with Crippen LogP contribution in [0.5, 0.6) is 0 Å². The van der Waals surface area contributed by atoms with E-state index < -0.39 is 5.54 Å². The summed E-state index contributed by atoms with van der Waals surface area (Å²) in [6, 6.07) is 0. The summed E-state index contributed by atoms with van der Waals surface area (Å²) in [6.07, 6.45) is 2.70. The number of ether oxygens (including phenoxy) is 1. The van der Waals surface area contributed by atoms with Crippen molar-refractivity contribution in [1.29, 1.82) is 0 Å². The van der Waals surface area contributed by atoms with Crippen LogP contribution in [0.1, 0.15) is 33.1 Å². The Kier molecular flexibility index (Phi) is 3.94. The van der Waals surface area contributed by atoms with Gasteiger partial charge in [-0.1, -0.05) is 0 Å². The van der Waals surface area contributed by atoms with Crippen molar-refractivity contribution in [3.05, 3.63) is 0 Å². The van der Waals surface area contributed by atoms with Gasteiger partial charge in [-0.05, 0) is 33.1 Å². The monoisotopic (exact) mass is 255 g/mol. The zero-order chi connectivity index (χ0) is 13.2. The number of nitrogens with zero attached hydrogens (tertiary/aromatic N) is 1. The van der Waals surface area contributed by atoms with E-state index in [2.05, 4.69) is 24.1 Å². The largest absolute Gasteiger partial charge is 0.379 e. The molecule has 0 unspecified atom stereocenters. The highest BCUT2D eigenvalue weighted by Gasteiger charge is 2.40. The zero-order valence-corrected chi connectivity index (χ0v) is 11.5. The van der Waals surface area contributed by atoms with Gasteiger partial charge in [-0.3, -0.25) is 9.69 Å². The van der Waals surface area contributed by atoms with E-state index in [0.29, 0.717) is 6.54 Å². The van der Waals surface area contributed by atoms with Gasteiger partial charge in [-0.15, -0.1) is 0 Å². The molecule has 1 saturated carbocycles. The normalized spacial score (nSPS) is 24.4. The molecule has 2 fully saturated rings. The second kappa shape index (κ2) is 5.15. The van der Waals surface area contributed by atoms with Crippen LogP contribution >= 0.6 is 0 Å². The van der Waals surface area contributed by atoms with Crippen LogP contribution in [0.25, 0.3) is 0 Å². The summed E-state index contributed by atoms with van der Waals surface area (Å²) in [5.74, 6) is 0.00934. The van der Waals surface area contributed by atoms with E-state index in [-0.39, 0.29) is 11.4 Å². The fraction of sp³-hybridized carbons (Fsp3) is 0.923. The maximum atomic E-state index is 12.0. The van der Waals surface area contributed by atoms with Crippen LogP contribution in [0.2, 0.25) is 0 Å². The molecule has 0 aromatic carbocycles. The summed E-state index contributed by atoms with van der Waals surface area (Å²) in [5, 5.41) is 3.02. The van der Waals surface area contributed by atoms with Crippen molar-refractivity contribution in [3.63, 3.8) is 0 Å². The number of nitrogens with one attached hydrogen (secondary N) is 1. The highest BCUT2D eigenvalue weighted by Crippen LogP contribution is 2.29. The van der Waals surface area contributed by atoms with Gasteiger partial charge in [-0.2, -0.15) is 0 Å². The Bertz CT molecular complexity index is 307. The Morgan fingerprint density at radius 1 is 1.39 bits per heavy atom. The Hall–Kier alpha value is -0.650. The molecule has 0 atom stereocenters. The van der Waals surface area contributed by atoms with Crippen molar-refractivity contribution in [3.8, 4) is 0 Å². The van der Waals surface area contributed by atoms with Gasteiger partial charge >= 0.3 is 0 Å². The lowest BCUT2D eigenvalue weighted by atomic mass is 9.77. The van der Waals surface area contributed by atoms with E-state index in [0.717, 1.165) is 45.6 Å². The van der Waals surface area contributed by atoms with E-state index in [9.17, 15) is 4.79 Å². The molecule has 1 aliphatic heterocycles. The van der Waals surface area contributed by atoms with Crippen LogP contribution in [0.3, 0.4) is 0 Å². The number of carbonyl (C=O) groups is 1. The first-order valence-electron chi connectivity index (χ1n) is 6.84. The van der Waals surface area contributed by atoms with Crippen LogP contribution in [0, 0.1) is 0 Å². The predicted octanol–water partition coefficient (Wildman–Crippen LogP) is 0.0948. The molecule has 0 bridgehead atoms. The van der Waals surface area contributed by atoms with Crippen LogP contribution in [-0.2, 0) is 9.53 Å². The molecule has 0 radical (unpaired) electrons. The first kappa shape index (κ1) is 13.8. The Morgan fingerprint density at radius 2 is 2.00 bits per heavy atom. The van der Waals surface area contributed by atoms with Gasteiger partial charge in [-0.25, -0.2) is 0 Å². The molecule has 1 aliphatic carbocycles. The van der Waals surface area contributed by atoms with Crippen molar-refractivity contribution >= 4 is 5.91 Å². The second-order valence-electron chi connectivity index (χ2n) is 6.10. The van der Waals surface area contributed by atoms with Crippen molar-refractivity contribution < 1.29 is 9.53 Å². The zero-order valence-electron chi connectivity index (χ0n) is 11.5. The third kappa shape index (κ3) is 2.84. The Labute approximate surface area is 109 Å². The van der Waals surface area contributed by atoms with Gasteiger partial charge in [0.05, 0.1) is 18.8 Å². The predicted molar refractivity (Wildman–Crippen MR) is 70.3 cm³/mol. The van der Waals surface area contributed by atoms with Crippen molar-refractivity contribution in [2.24, 2.45) is 5.73 Å². The SMILES string of the molecule is CC(C)(CNC(=O)C1(N)CCC1)N1CCOCC1. The Balaban J connectivity index is 1.82. The summed E-state index contributed by atoms with van der Waals surface area (Å²) in [5.41, 5.74) is 5.37. The van der Waals surface area contributed by atoms with Gasteiger partial charge in [0.2, 0.25) is 5.91 Å². The fourth-order valence-corrected chi connectivity index (χ4v) is 2.54. The average molecular weight is 255 g/mol. The van der Waals surface area contributed by atoms with Crippen LogP contribution < -0.4 is 11.1 Å². The molecular formula is C13H25N3O2. The molecule has 104 valence electrons. The molecule has 1 amide bonds. The standard InChI is InChI=1S/C13H25N3O2/c1-12(2,16-6-8-18-9-7-16)10-15-11(17)13(14)4-3-5-13/h3-10,14H2,1-2H3,(H,15,17). The molecule has 5 heteroatoms. The molecule has 2 aliphatic rings. The van der Waals surface area contributed by atoms with Crippen LogP contribution in [0.15, 0.2) is 0 Å². The molecule has 2 rings (SSSR count). The molecule has 0 spiro atoms. The van der Waals surface area contributed by atoms with Gasteiger partial charge in [0.1, 0.15) is 0 Å². The lowest BCUT2D eigenvalue weighted by Crippen LogP contribution is -2.62. The average Bonchev–Trinajstić information content (AvgIpc) is 2.34. The van der Waals surface area contributed by atoms with Gasteiger partial charge in [0.25, 0.3) is 0 Å². The van der Waals surface area contributed by atoms with E-state index >= 15 is 0 Å². The molecular weight excluding hydrogens is 230 g/mol. The maximum Gasteiger partial charge on any atom is 0.240 e. The summed E-state index contributed by atoms with van der Waals surface area (Å²) < 4.78 is 5.35. The minimum atomic E-state index is -0.596. The van der Waals surface area contributed by atoms with Crippen LogP contribution in [0.4, 0.5) is 0 Å². The third-order valence-electron chi connectivity index (χ3n) is 4.25. The van der Waals surface area contributed by atoms with Gasteiger partial charge in [0, 0.05) is 25.2 Å². The number of carbonyl (C=O) groups excluding carboxylic acids is 1. The lowest BCUT2D eigenvalue weighted by Gasteiger charge is -2.42. The quantitative estimate of drug-likeness (QED) is 0.747. The van der Waals surface area contributed by atoms with E-state index in [1.54, 1.807) is 0 Å². The minimum Gasteiger partial charge on any atom is -0.379 e. The van der Waals surface area contributed by atoms with Gasteiger partial charge in [0.15, 0.2) is 0 Å². The summed E-state index contributed by atoms with van der Waals surface area (Å²) in [4.78, 5) is 14.4. The van der Waals surface area contributed by atoms with E-state index in [1.807, 2.05) is 0 Å². The van der Waals surface area contributed by atoms with Gasteiger partial charge < -0.3 is 15.8 Å².